The maximum absolute atomic E-state index is 12.3. The molecule has 0 aliphatic carbocycles. The fourth-order valence-electron chi connectivity index (χ4n) is 2.56. The molecule has 3 N–H and O–H groups in total. The number of rotatable bonds is 8. The van der Waals surface area contributed by atoms with Gasteiger partial charge in [0.15, 0.2) is 0 Å². The van der Waals surface area contributed by atoms with E-state index in [-0.39, 0.29) is 5.75 Å². The standard InChI is InChI=1S/C11H16N2.C8H8F2OS.C6H15N/c1-4-10-7-5-6-8(2)11(10)13-9(3)12;1-8(9,10)11-6-4-2-3-5-7(6)12;1-3-5-7-6-4-2/h5-7H,4H2,1-3H3,(H2,12,13);2-5,12H,1H3;7H,3-6H2,1-2H3. The molecule has 0 aliphatic rings. The minimum Gasteiger partial charge on any atom is -0.432 e. The van der Waals surface area contributed by atoms with Crippen molar-refractivity contribution in [3.8, 4) is 5.75 Å². The highest BCUT2D eigenvalue weighted by atomic mass is 32.1. The molecule has 2 aromatic carbocycles. The highest BCUT2D eigenvalue weighted by Crippen LogP contribution is 2.27. The molecule has 0 aromatic heterocycles. The minimum atomic E-state index is -3.15. The van der Waals surface area contributed by atoms with Gasteiger partial charge in [0.1, 0.15) is 5.75 Å². The highest BCUT2D eigenvalue weighted by Gasteiger charge is 2.23. The Morgan fingerprint density at radius 1 is 1.06 bits per heavy atom. The maximum Gasteiger partial charge on any atom is 0.394 e. The Morgan fingerprint density at radius 3 is 2.12 bits per heavy atom. The predicted octanol–water partition coefficient (Wildman–Crippen LogP) is 6.93. The summed E-state index contributed by atoms with van der Waals surface area (Å²) in [4.78, 5) is 4.73. The van der Waals surface area contributed by atoms with Gasteiger partial charge in [-0.25, -0.2) is 4.99 Å². The van der Waals surface area contributed by atoms with Gasteiger partial charge in [0.05, 0.1) is 11.5 Å². The molecule has 0 saturated carbocycles. The molecule has 32 heavy (non-hydrogen) atoms. The van der Waals surface area contributed by atoms with Crippen molar-refractivity contribution in [2.24, 2.45) is 10.7 Å². The summed E-state index contributed by atoms with van der Waals surface area (Å²) in [5, 5.41) is 3.28. The first-order valence-electron chi connectivity index (χ1n) is 11.0. The number of aryl methyl sites for hydroxylation is 2. The van der Waals surface area contributed by atoms with Gasteiger partial charge in [-0.05, 0) is 69.5 Å². The van der Waals surface area contributed by atoms with Crippen LogP contribution < -0.4 is 15.8 Å². The Bertz CT molecular complexity index is 800. The Kier molecular flexibility index (Phi) is 15.4. The molecule has 0 bridgehead atoms. The summed E-state index contributed by atoms with van der Waals surface area (Å²) in [6.07, 6.45) is 0.340. The summed E-state index contributed by atoms with van der Waals surface area (Å²) < 4.78 is 29.0. The highest BCUT2D eigenvalue weighted by molar-refractivity contribution is 7.80. The van der Waals surface area contributed by atoms with Crippen molar-refractivity contribution < 1.29 is 13.5 Å². The minimum absolute atomic E-state index is 0.0910. The smallest absolute Gasteiger partial charge is 0.394 e. The first-order valence-corrected chi connectivity index (χ1v) is 11.4. The number of nitrogens with zero attached hydrogens (tertiary/aromatic N) is 1. The second-order valence-corrected chi connectivity index (χ2v) is 7.80. The van der Waals surface area contributed by atoms with Gasteiger partial charge in [0.25, 0.3) is 0 Å². The Morgan fingerprint density at radius 2 is 1.66 bits per heavy atom. The third kappa shape index (κ3) is 14.0. The van der Waals surface area contributed by atoms with Crippen LogP contribution in [0.15, 0.2) is 52.4 Å². The molecule has 7 heteroatoms. The van der Waals surface area contributed by atoms with Crippen LogP contribution in [0.5, 0.6) is 5.75 Å². The second-order valence-electron chi connectivity index (χ2n) is 7.32. The van der Waals surface area contributed by atoms with Crippen molar-refractivity contribution in [1.29, 1.82) is 0 Å². The van der Waals surface area contributed by atoms with Crippen LogP contribution in [0.4, 0.5) is 14.5 Å². The maximum atomic E-state index is 12.3. The number of nitrogens with one attached hydrogen (secondary N) is 1. The normalized spacial score (nSPS) is 11.1. The zero-order valence-corrected chi connectivity index (χ0v) is 21.1. The van der Waals surface area contributed by atoms with Crippen LogP contribution in [-0.2, 0) is 6.42 Å². The van der Waals surface area contributed by atoms with E-state index in [4.69, 9.17) is 5.73 Å². The topological polar surface area (TPSA) is 59.6 Å². The molecule has 0 atom stereocenters. The molecule has 0 spiro atoms. The number of nitrogens with two attached hydrogens (primary N) is 1. The van der Waals surface area contributed by atoms with Crippen LogP contribution in [0.2, 0.25) is 0 Å². The number of benzene rings is 2. The lowest BCUT2D eigenvalue weighted by Crippen LogP contribution is -2.19. The summed E-state index contributed by atoms with van der Waals surface area (Å²) in [6, 6.07) is 12.5. The molecule has 180 valence electrons. The lowest BCUT2D eigenvalue weighted by molar-refractivity contribution is -0.160. The van der Waals surface area contributed by atoms with Crippen LogP contribution in [0.1, 0.15) is 58.6 Å². The quantitative estimate of drug-likeness (QED) is 0.171. The van der Waals surface area contributed by atoms with Gasteiger partial charge in [-0.3, -0.25) is 0 Å². The van der Waals surface area contributed by atoms with Crippen molar-refractivity contribution in [1.82, 2.24) is 5.32 Å². The van der Waals surface area contributed by atoms with Crippen molar-refractivity contribution >= 4 is 24.2 Å². The molecule has 0 heterocycles. The average molecular weight is 468 g/mol. The number of alkyl halides is 2. The van der Waals surface area contributed by atoms with Crippen LogP contribution in [-0.4, -0.2) is 25.0 Å². The third-order valence-corrected chi connectivity index (χ3v) is 4.37. The van der Waals surface area contributed by atoms with Gasteiger partial charge in [-0.1, -0.05) is 51.1 Å². The van der Waals surface area contributed by atoms with E-state index < -0.39 is 6.11 Å². The SMILES string of the molecule is CC(F)(F)Oc1ccccc1S.CCCNCCC.CCc1cccc(C)c1N=C(C)N. The van der Waals surface area contributed by atoms with Gasteiger partial charge in [0, 0.05) is 11.8 Å². The summed E-state index contributed by atoms with van der Waals surface area (Å²) in [7, 11) is 0. The predicted molar refractivity (Wildman–Crippen MR) is 136 cm³/mol. The lowest BCUT2D eigenvalue weighted by Gasteiger charge is -2.13. The summed E-state index contributed by atoms with van der Waals surface area (Å²) >= 11 is 3.95. The van der Waals surface area contributed by atoms with E-state index in [1.54, 1.807) is 18.2 Å². The molecule has 0 unspecified atom stereocenters. The van der Waals surface area contributed by atoms with E-state index in [0.717, 1.165) is 12.1 Å². The van der Waals surface area contributed by atoms with Crippen LogP contribution >= 0.6 is 12.6 Å². The molecule has 0 fully saturated rings. The van der Waals surface area contributed by atoms with Gasteiger partial charge in [0.2, 0.25) is 0 Å². The van der Waals surface area contributed by atoms with Crippen LogP contribution in [0, 0.1) is 6.92 Å². The second kappa shape index (κ2) is 16.5. The lowest BCUT2D eigenvalue weighted by atomic mass is 10.1. The monoisotopic (exact) mass is 467 g/mol. The molecular weight excluding hydrogens is 428 g/mol. The fourth-order valence-corrected chi connectivity index (χ4v) is 2.76. The molecule has 4 nitrogen and oxygen atoms in total. The first-order chi connectivity index (χ1) is 15.1. The zero-order valence-electron chi connectivity index (χ0n) is 20.2. The van der Waals surface area contributed by atoms with Gasteiger partial charge >= 0.3 is 6.11 Å². The van der Waals surface area contributed by atoms with Crippen molar-refractivity contribution in [3.63, 3.8) is 0 Å². The Hall–Kier alpha value is -2.12. The van der Waals surface area contributed by atoms with E-state index >= 15 is 0 Å². The van der Waals surface area contributed by atoms with Crippen LogP contribution in [0.25, 0.3) is 0 Å². The zero-order chi connectivity index (χ0) is 24.6. The fraction of sp³-hybridized carbons (Fsp3) is 0.480. The van der Waals surface area contributed by atoms with E-state index in [2.05, 4.69) is 73.6 Å². The molecule has 2 aromatic rings. The number of aliphatic imine (C=N–C) groups is 1. The number of amidine groups is 1. The van der Waals surface area contributed by atoms with E-state index in [9.17, 15) is 8.78 Å². The average Bonchev–Trinajstić information content (AvgIpc) is 2.71. The largest absolute Gasteiger partial charge is 0.432 e. The van der Waals surface area contributed by atoms with E-state index in [0.29, 0.717) is 17.7 Å². The molecule has 0 saturated heterocycles. The number of ether oxygens (including phenoxy) is 1. The number of hydrogen-bond donors (Lipinski definition) is 3. The van der Waals surface area contributed by atoms with E-state index in [1.165, 1.54) is 43.1 Å². The number of halogens is 2. The molecular formula is C25H39F2N3OS. The molecule has 0 amide bonds. The van der Waals surface area contributed by atoms with E-state index in [1.807, 2.05) is 6.92 Å². The summed E-state index contributed by atoms with van der Waals surface area (Å²) in [5.41, 5.74) is 9.04. The van der Waals surface area contributed by atoms with Crippen molar-refractivity contribution in [3.05, 3.63) is 53.6 Å². The van der Waals surface area contributed by atoms with Crippen molar-refractivity contribution in [2.45, 2.75) is 71.8 Å². The molecule has 0 aliphatic heterocycles. The third-order valence-electron chi connectivity index (χ3n) is 4.00. The first kappa shape index (κ1) is 29.9. The summed E-state index contributed by atoms with van der Waals surface area (Å²) in [6.45, 7) is 13.4. The number of hydrogen-bond acceptors (Lipinski definition) is 4. The summed E-state index contributed by atoms with van der Waals surface area (Å²) in [5.74, 6) is 0.706. The van der Waals surface area contributed by atoms with Gasteiger partial charge in [-0.15, -0.1) is 12.6 Å². The Balaban J connectivity index is 0.000000473. The Labute approximate surface area is 198 Å². The van der Waals surface area contributed by atoms with Crippen LogP contribution in [0.3, 0.4) is 0 Å². The van der Waals surface area contributed by atoms with Gasteiger partial charge < -0.3 is 15.8 Å². The number of para-hydroxylation sites is 2. The number of thiol groups is 1. The van der Waals surface area contributed by atoms with Crippen molar-refractivity contribution in [2.75, 3.05) is 13.1 Å². The van der Waals surface area contributed by atoms with Gasteiger partial charge in [-0.2, -0.15) is 8.78 Å². The molecule has 2 rings (SSSR count). The molecule has 0 radical (unpaired) electrons.